The van der Waals surface area contributed by atoms with E-state index in [1.54, 1.807) is 11.8 Å². The van der Waals surface area contributed by atoms with Gasteiger partial charge < -0.3 is 5.32 Å². The van der Waals surface area contributed by atoms with Gasteiger partial charge in [0.05, 0.1) is 6.54 Å². The molecule has 14 heavy (non-hydrogen) atoms. The Hall–Kier alpha value is 0.250. The Kier molecular flexibility index (Phi) is 3.73. The lowest BCUT2D eigenvalue weighted by molar-refractivity contribution is 1.17. The van der Waals surface area contributed by atoms with Crippen LogP contribution in [0.25, 0.3) is 0 Å². The van der Waals surface area contributed by atoms with Gasteiger partial charge in [-0.2, -0.15) is 0 Å². The second-order valence-corrected chi connectivity index (χ2v) is 5.89. The Morgan fingerprint density at radius 1 is 1.50 bits per heavy atom. The first-order valence-electron chi connectivity index (χ1n) is 4.15. The van der Waals surface area contributed by atoms with Gasteiger partial charge >= 0.3 is 0 Å². The first kappa shape index (κ1) is 10.8. The number of hydrogen-bond donors (Lipinski definition) is 1. The molecule has 2 nitrogen and oxygen atoms in total. The van der Waals surface area contributed by atoms with E-state index in [-0.39, 0.29) is 0 Å². The van der Waals surface area contributed by atoms with E-state index in [2.05, 4.69) is 67.0 Å². The molecular formula is C9H8BrIN2S. The van der Waals surface area contributed by atoms with Crippen molar-refractivity contribution in [2.75, 3.05) is 17.6 Å². The molecule has 0 amide bonds. The molecule has 1 aliphatic heterocycles. The molecule has 0 aliphatic carbocycles. The van der Waals surface area contributed by atoms with Crippen LogP contribution in [0.3, 0.4) is 0 Å². The van der Waals surface area contributed by atoms with Gasteiger partial charge in [-0.15, -0.1) is 0 Å². The second kappa shape index (κ2) is 4.85. The van der Waals surface area contributed by atoms with Crippen molar-refractivity contribution in [3.05, 3.63) is 26.2 Å². The number of amidine groups is 1. The fourth-order valence-corrected chi connectivity index (χ4v) is 2.57. The number of thioether (sulfide) groups is 1. The van der Waals surface area contributed by atoms with Crippen LogP contribution in [0.4, 0.5) is 5.69 Å². The number of anilines is 1. The Labute approximate surface area is 109 Å². The van der Waals surface area contributed by atoms with E-state index in [4.69, 9.17) is 0 Å². The standard InChI is InChI=1S/C9H8BrIN2S/c10-7-5-6(1-2-8(7)11)13-9-12-3-4-14-9/h1-2,5H,3-4H2,(H,12,13). The van der Waals surface area contributed by atoms with E-state index in [9.17, 15) is 0 Å². The van der Waals surface area contributed by atoms with Crippen LogP contribution in [0.2, 0.25) is 0 Å². The zero-order valence-corrected chi connectivity index (χ0v) is 11.8. The highest BCUT2D eigenvalue weighted by Gasteiger charge is 2.07. The van der Waals surface area contributed by atoms with Crippen molar-refractivity contribution in [2.45, 2.75) is 0 Å². The highest BCUT2D eigenvalue weighted by Crippen LogP contribution is 2.24. The van der Waals surface area contributed by atoms with Crippen LogP contribution in [0.15, 0.2) is 27.7 Å². The summed E-state index contributed by atoms with van der Waals surface area (Å²) in [5, 5.41) is 4.31. The van der Waals surface area contributed by atoms with Gasteiger partial charge in [-0.3, -0.25) is 4.99 Å². The van der Waals surface area contributed by atoms with Crippen molar-refractivity contribution in [2.24, 2.45) is 4.99 Å². The van der Waals surface area contributed by atoms with Gasteiger partial charge in [0.1, 0.15) is 0 Å². The zero-order valence-electron chi connectivity index (χ0n) is 7.26. The number of rotatable bonds is 1. The quantitative estimate of drug-likeness (QED) is 0.751. The second-order valence-electron chi connectivity index (χ2n) is 2.79. The lowest BCUT2D eigenvalue weighted by Crippen LogP contribution is -2.04. The number of hydrogen-bond acceptors (Lipinski definition) is 3. The first-order chi connectivity index (χ1) is 6.75. The zero-order chi connectivity index (χ0) is 9.97. The molecule has 0 fully saturated rings. The van der Waals surface area contributed by atoms with Crippen LogP contribution in [0.1, 0.15) is 0 Å². The van der Waals surface area contributed by atoms with Crippen molar-refractivity contribution in [3.63, 3.8) is 0 Å². The van der Waals surface area contributed by atoms with E-state index in [0.717, 1.165) is 27.6 Å². The smallest absolute Gasteiger partial charge is 0.161 e. The summed E-state index contributed by atoms with van der Waals surface area (Å²) < 4.78 is 2.33. The molecule has 0 unspecified atom stereocenters. The molecule has 0 bridgehead atoms. The van der Waals surface area contributed by atoms with Crippen molar-refractivity contribution < 1.29 is 0 Å². The summed E-state index contributed by atoms with van der Waals surface area (Å²) in [6, 6.07) is 6.21. The van der Waals surface area contributed by atoms with Crippen LogP contribution in [0, 0.1) is 3.57 Å². The van der Waals surface area contributed by atoms with E-state index in [1.807, 2.05) is 0 Å². The number of aliphatic imine (C=N–C) groups is 1. The van der Waals surface area contributed by atoms with Gasteiger partial charge in [-0.05, 0) is 56.7 Å². The van der Waals surface area contributed by atoms with Crippen LogP contribution < -0.4 is 5.32 Å². The molecular weight excluding hydrogens is 375 g/mol. The summed E-state index contributed by atoms with van der Waals surface area (Å²) in [5.41, 5.74) is 1.09. The minimum atomic E-state index is 0.929. The van der Waals surface area contributed by atoms with Crippen molar-refractivity contribution >= 4 is 61.1 Å². The summed E-state index contributed by atoms with van der Waals surface area (Å²) in [6.45, 7) is 0.929. The van der Waals surface area contributed by atoms with E-state index < -0.39 is 0 Å². The molecule has 1 aromatic carbocycles. The van der Waals surface area contributed by atoms with Crippen LogP contribution in [-0.4, -0.2) is 17.5 Å². The van der Waals surface area contributed by atoms with Crippen molar-refractivity contribution in [1.29, 1.82) is 0 Å². The van der Waals surface area contributed by atoms with E-state index >= 15 is 0 Å². The molecule has 1 heterocycles. The fourth-order valence-electron chi connectivity index (χ4n) is 1.11. The Balaban J connectivity index is 2.13. The van der Waals surface area contributed by atoms with Crippen LogP contribution in [-0.2, 0) is 0 Å². The van der Waals surface area contributed by atoms with Gasteiger partial charge in [0.25, 0.3) is 0 Å². The molecule has 0 atom stereocenters. The van der Waals surface area contributed by atoms with E-state index in [1.165, 1.54) is 3.57 Å². The SMILES string of the molecule is Brc1cc(NC2=NCCS2)ccc1I. The third kappa shape index (κ3) is 2.64. The monoisotopic (exact) mass is 382 g/mol. The minimum absolute atomic E-state index is 0.929. The maximum Gasteiger partial charge on any atom is 0.161 e. The van der Waals surface area contributed by atoms with Gasteiger partial charge in [0, 0.05) is 19.5 Å². The Morgan fingerprint density at radius 3 is 3.00 bits per heavy atom. The molecule has 1 N–H and O–H groups in total. The summed E-state index contributed by atoms with van der Waals surface area (Å²) in [6.07, 6.45) is 0. The lowest BCUT2D eigenvalue weighted by Gasteiger charge is -2.05. The number of nitrogens with zero attached hydrogens (tertiary/aromatic N) is 1. The number of halogens is 2. The normalized spacial score (nSPS) is 15.4. The first-order valence-corrected chi connectivity index (χ1v) is 7.01. The third-order valence-corrected chi connectivity index (χ3v) is 4.99. The molecule has 1 aliphatic rings. The van der Waals surface area contributed by atoms with Crippen molar-refractivity contribution in [1.82, 2.24) is 0 Å². The minimum Gasteiger partial charge on any atom is -0.335 e. The van der Waals surface area contributed by atoms with E-state index in [0.29, 0.717) is 0 Å². The maximum absolute atomic E-state index is 4.33. The summed E-state index contributed by atoms with van der Waals surface area (Å²) in [5.74, 6) is 1.09. The summed E-state index contributed by atoms with van der Waals surface area (Å²) in [4.78, 5) is 4.33. The summed E-state index contributed by atoms with van der Waals surface area (Å²) in [7, 11) is 0. The fraction of sp³-hybridized carbons (Fsp3) is 0.222. The Bertz CT molecular complexity index is 381. The maximum atomic E-state index is 4.33. The average Bonchev–Trinajstić information content (AvgIpc) is 2.64. The highest BCUT2D eigenvalue weighted by molar-refractivity contribution is 14.1. The lowest BCUT2D eigenvalue weighted by atomic mass is 10.3. The molecule has 0 spiro atoms. The molecule has 5 heteroatoms. The number of nitrogens with one attached hydrogen (secondary N) is 1. The molecule has 74 valence electrons. The molecule has 0 saturated carbocycles. The average molecular weight is 383 g/mol. The van der Waals surface area contributed by atoms with Gasteiger partial charge in [0.15, 0.2) is 5.17 Å². The third-order valence-electron chi connectivity index (χ3n) is 1.76. The highest BCUT2D eigenvalue weighted by atomic mass is 127. The van der Waals surface area contributed by atoms with Crippen LogP contribution >= 0.6 is 50.3 Å². The largest absolute Gasteiger partial charge is 0.335 e. The van der Waals surface area contributed by atoms with Crippen molar-refractivity contribution in [3.8, 4) is 0 Å². The number of benzene rings is 1. The molecule has 0 radical (unpaired) electrons. The van der Waals surface area contributed by atoms with Gasteiger partial charge in [0.2, 0.25) is 0 Å². The summed E-state index contributed by atoms with van der Waals surface area (Å²) >= 11 is 7.57. The Morgan fingerprint density at radius 2 is 2.36 bits per heavy atom. The van der Waals surface area contributed by atoms with Crippen LogP contribution in [0.5, 0.6) is 0 Å². The molecule has 1 aromatic rings. The predicted octanol–water partition coefficient (Wildman–Crippen LogP) is 3.57. The predicted molar refractivity (Wildman–Crippen MR) is 75.2 cm³/mol. The molecule has 0 saturated heterocycles. The molecule has 2 rings (SSSR count). The van der Waals surface area contributed by atoms with Gasteiger partial charge in [-0.25, -0.2) is 0 Å². The topological polar surface area (TPSA) is 24.4 Å². The van der Waals surface area contributed by atoms with Gasteiger partial charge in [-0.1, -0.05) is 11.8 Å². The molecule has 0 aromatic heterocycles.